The Bertz CT molecular complexity index is 768. The molecule has 1 aliphatic rings. The fourth-order valence-corrected chi connectivity index (χ4v) is 3.30. The number of alkyl carbamates (subject to hydrolysis) is 1. The summed E-state index contributed by atoms with van der Waals surface area (Å²) in [4.78, 5) is 38.2. The van der Waals surface area contributed by atoms with Gasteiger partial charge < -0.3 is 29.6 Å². The Morgan fingerprint density at radius 1 is 0.968 bits per heavy atom. The number of rotatable bonds is 5. The zero-order valence-corrected chi connectivity index (χ0v) is 19.5. The predicted molar refractivity (Wildman–Crippen MR) is 117 cm³/mol. The molecule has 1 saturated heterocycles. The lowest BCUT2D eigenvalue weighted by molar-refractivity contribution is 0.0187. The van der Waals surface area contributed by atoms with Crippen molar-refractivity contribution in [1.82, 2.24) is 20.1 Å². The van der Waals surface area contributed by atoms with Gasteiger partial charge in [-0.25, -0.2) is 9.59 Å². The van der Waals surface area contributed by atoms with Gasteiger partial charge in [0.25, 0.3) is 5.91 Å². The van der Waals surface area contributed by atoms with Crippen LogP contribution in [0.1, 0.15) is 70.9 Å². The molecule has 3 amide bonds. The zero-order chi connectivity index (χ0) is 23.2. The van der Waals surface area contributed by atoms with Crippen molar-refractivity contribution in [3.05, 3.63) is 24.0 Å². The van der Waals surface area contributed by atoms with Gasteiger partial charge in [-0.2, -0.15) is 0 Å². The highest BCUT2D eigenvalue weighted by molar-refractivity contribution is 5.92. The van der Waals surface area contributed by atoms with Gasteiger partial charge in [-0.15, -0.1) is 0 Å². The van der Waals surface area contributed by atoms with Crippen LogP contribution in [0.3, 0.4) is 0 Å². The molecule has 0 saturated carbocycles. The normalized spacial score (nSPS) is 15.4. The highest BCUT2D eigenvalue weighted by Gasteiger charge is 2.28. The molecule has 2 N–H and O–H groups in total. The molecule has 9 heteroatoms. The first-order chi connectivity index (χ1) is 14.4. The summed E-state index contributed by atoms with van der Waals surface area (Å²) in [7, 11) is 0. The largest absolute Gasteiger partial charge is 0.444 e. The monoisotopic (exact) mass is 436 g/mol. The number of aromatic nitrogens is 1. The smallest absolute Gasteiger partial charge is 0.410 e. The highest BCUT2D eigenvalue weighted by Crippen LogP contribution is 2.25. The summed E-state index contributed by atoms with van der Waals surface area (Å²) < 4.78 is 12.6. The summed E-state index contributed by atoms with van der Waals surface area (Å²) in [6, 6.07) is 3.75. The van der Waals surface area contributed by atoms with Gasteiger partial charge in [0, 0.05) is 38.4 Å². The van der Waals surface area contributed by atoms with E-state index in [1.807, 2.05) is 37.6 Å². The lowest BCUT2D eigenvalue weighted by atomic mass is 10.0. The van der Waals surface area contributed by atoms with E-state index in [1.165, 1.54) is 0 Å². The SMILES string of the molecule is CC(C)(C)OC(=O)NCCNC(=O)c1cccn1C1CCN(C(=O)OC(C)(C)C)CC1. The van der Waals surface area contributed by atoms with E-state index >= 15 is 0 Å². The summed E-state index contributed by atoms with van der Waals surface area (Å²) in [5, 5.41) is 5.44. The van der Waals surface area contributed by atoms with Gasteiger partial charge in [-0.3, -0.25) is 4.79 Å². The van der Waals surface area contributed by atoms with Crippen molar-refractivity contribution in [2.75, 3.05) is 26.2 Å². The van der Waals surface area contributed by atoms with Crippen molar-refractivity contribution in [3.63, 3.8) is 0 Å². The number of amides is 3. The second-order valence-corrected chi connectivity index (χ2v) is 9.68. The summed E-state index contributed by atoms with van der Waals surface area (Å²) in [6.07, 6.45) is 2.57. The van der Waals surface area contributed by atoms with Crippen LogP contribution in [-0.4, -0.2) is 64.9 Å². The van der Waals surface area contributed by atoms with Crippen LogP contribution in [0.2, 0.25) is 0 Å². The van der Waals surface area contributed by atoms with E-state index in [1.54, 1.807) is 31.7 Å². The third kappa shape index (κ3) is 8.15. The van der Waals surface area contributed by atoms with Crippen LogP contribution in [0, 0.1) is 0 Å². The maximum atomic E-state index is 12.6. The van der Waals surface area contributed by atoms with Crippen molar-refractivity contribution in [2.24, 2.45) is 0 Å². The van der Waals surface area contributed by atoms with E-state index in [4.69, 9.17) is 9.47 Å². The fraction of sp³-hybridized carbons (Fsp3) is 0.682. The standard InChI is InChI=1S/C22H36N4O5/c1-21(2,3)30-19(28)24-12-11-23-18(27)17-8-7-13-26(17)16-9-14-25(15-10-16)20(29)31-22(4,5)6/h7-8,13,16H,9-12,14-15H2,1-6H3,(H,23,27)(H,24,28). The van der Waals surface area contributed by atoms with E-state index < -0.39 is 17.3 Å². The van der Waals surface area contributed by atoms with Crippen LogP contribution in [0.15, 0.2) is 18.3 Å². The zero-order valence-electron chi connectivity index (χ0n) is 19.5. The molecule has 0 aliphatic carbocycles. The summed E-state index contributed by atoms with van der Waals surface area (Å²) in [5.74, 6) is -0.203. The Labute approximate surface area is 184 Å². The number of carbonyl (C=O) groups is 3. The van der Waals surface area contributed by atoms with Gasteiger partial charge in [0.1, 0.15) is 16.9 Å². The number of nitrogens with one attached hydrogen (secondary N) is 2. The second-order valence-electron chi connectivity index (χ2n) is 9.68. The van der Waals surface area contributed by atoms with Gasteiger partial charge in [0.05, 0.1) is 0 Å². The van der Waals surface area contributed by atoms with E-state index in [0.717, 1.165) is 12.8 Å². The highest BCUT2D eigenvalue weighted by atomic mass is 16.6. The van der Waals surface area contributed by atoms with Crippen LogP contribution in [0.4, 0.5) is 9.59 Å². The van der Waals surface area contributed by atoms with Crippen LogP contribution in [0.25, 0.3) is 0 Å². The van der Waals surface area contributed by atoms with Crippen LogP contribution >= 0.6 is 0 Å². The van der Waals surface area contributed by atoms with E-state index in [0.29, 0.717) is 25.3 Å². The summed E-state index contributed by atoms with van der Waals surface area (Å²) in [6.45, 7) is 12.7. The van der Waals surface area contributed by atoms with Crippen molar-refractivity contribution < 1.29 is 23.9 Å². The fourth-order valence-electron chi connectivity index (χ4n) is 3.30. The predicted octanol–water partition coefficient (Wildman–Crippen LogP) is 3.31. The van der Waals surface area contributed by atoms with Gasteiger partial charge in [-0.05, 0) is 66.5 Å². The van der Waals surface area contributed by atoms with Crippen LogP contribution in [-0.2, 0) is 9.47 Å². The Morgan fingerprint density at radius 3 is 2.13 bits per heavy atom. The molecule has 0 unspecified atom stereocenters. The molecule has 0 atom stereocenters. The van der Waals surface area contributed by atoms with E-state index in [-0.39, 0.29) is 24.6 Å². The number of likely N-dealkylation sites (tertiary alicyclic amines) is 1. The molecule has 2 heterocycles. The summed E-state index contributed by atoms with van der Waals surface area (Å²) in [5.41, 5.74) is -0.515. The van der Waals surface area contributed by atoms with Crippen molar-refractivity contribution >= 4 is 18.1 Å². The minimum absolute atomic E-state index is 0.134. The molecule has 0 bridgehead atoms. The molecule has 0 spiro atoms. The number of ether oxygens (including phenoxy) is 2. The number of hydrogen-bond acceptors (Lipinski definition) is 5. The lowest BCUT2D eigenvalue weighted by Crippen LogP contribution is -2.42. The molecule has 1 aliphatic heterocycles. The molecule has 1 aromatic rings. The topological polar surface area (TPSA) is 102 Å². The molecule has 0 radical (unpaired) electrons. The number of carbonyl (C=O) groups excluding carboxylic acids is 3. The van der Waals surface area contributed by atoms with Crippen molar-refractivity contribution in [1.29, 1.82) is 0 Å². The lowest BCUT2D eigenvalue weighted by Gasteiger charge is -2.34. The van der Waals surface area contributed by atoms with Gasteiger partial charge >= 0.3 is 12.2 Å². The first-order valence-electron chi connectivity index (χ1n) is 10.8. The van der Waals surface area contributed by atoms with Crippen LogP contribution < -0.4 is 10.6 Å². The molecule has 1 fully saturated rings. The molecule has 9 nitrogen and oxygen atoms in total. The van der Waals surface area contributed by atoms with Crippen molar-refractivity contribution in [2.45, 2.75) is 71.6 Å². The number of piperidine rings is 1. The van der Waals surface area contributed by atoms with Gasteiger partial charge in [0.15, 0.2) is 0 Å². The average molecular weight is 437 g/mol. The maximum Gasteiger partial charge on any atom is 0.410 e. The van der Waals surface area contributed by atoms with Crippen LogP contribution in [0.5, 0.6) is 0 Å². The molecular weight excluding hydrogens is 400 g/mol. The molecule has 1 aromatic heterocycles. The molecule has 2 rings (SSSR count). The second kappa shape index (κ2) is 10.1. The maximum absolute atomic E-state index is 12.6. The molecule has 0 aromatic carbocycles. The molecule has 174 valence electrons. The number of hydrogen-bond donors (Lipinski definition) is 2. The Balaban J connectivity index is 1.81. The Kier molecular flexibility index (Phi) is 7.97. The molecule has 31 heavy (non-hydrogen) atoms. The van der Waals surface area contributed by atoms with Crippen molar-refractivity contribution in [3.8, 4) is 0 Å². The minimum Gasteiger partial charge on any atom is -0.444 e. The Hall–Kier alpha value is -2.71. The third-order valence-corrected chi connectivity index (χ3v) is 4.60. The third-order valence-electron chi connectivity index (χ3n) is 4.60. The molecular formula is C22H36N4O5. The average Bonchev–Trinajstić information content (AvgIpc) is 3.12. The minimum atomic E-state index is -0.562. The van der Waals surface area contributed by atoms with Gasteiger partial charge in [-0.1, -0.05) is 0 Å². The quantitative estimate of drug-likeness (QED) is 0.690. The van der Waals surface area contributed by atoms with Gasteiger partial charge in [0.2, 0.25) is 0 Å². The first kappa shape index (κ1) is 24.6. The van der Waals surface area contributed by atoms with E-state index in [9.17, 15) is 14.4 Å². The summed E-state index contributed by atoms with van der Waals surface area (Å²) >= 11 is 0. The first-order valence-corrected chi connectivity index (χ1v) is 10.8. The van der Waals surface area contributed by atoms with E-state index in [2.05, 4.69) is 10.6 Å². The Morgan fingerprint density at radius 2 is 1.55 bits per heavy atom. The number of nitrogens with zero attached hydrogens (tertiary/aromatic N) is 2.